The van der Waals surface area contributed by atoms with E-state index in [2.05, 4.69) is 49.4 Å². The topological polar surface area (TPSA) is 72.7 Å². The van der Waals surface area contributed by atoms with Gasteiger partial charge in [0.15, 0.2) is 5.96 Å². The summed E-state index contributed by atoms with van der Waals surface area (Å²) < 4.78 is 13.3. The number of hydrogen-bond donors (Lipinski definition) is 2. The van der Waals surface area contributed by atoms with E-state index in [-0.39, 0.29) is 30.1 Å². The smallest absolute Gasteiger partial charge is 0.190 e. The molecule has 0 saturated carbocycles. The van der Waals surface area contributed by atoms with Gasteiger partial charge in [0.1, 0.15) is 5.82 Å². The Kier molecular flexibility index (Phi) is 11.0. The molecular weight excluding hydrogens is 481 g/mol. The van der Waals surface area contributed by atoms with Crippen LogP contribution in [-0.4, -0.2) is 61.6 Å². The Bertz CT molecular complexity index is 717. The minimum atomic E-state index is 0. The molecule has 3 rings (SSSR count). The second-order valence-electron chi connectivity index (χ2n) is 6.84. The summed E-state index contributed by atoms with van der Waals surface area (Å²) in [6.45, 7) is 4.75. The van der Waals surface area contributed by atoms with Gasteiger partial charge in [-0.05, 0) is 18.4 Å². The lowest BCUT2D eigenvalue weighted by atomic mass is 10.2. The lowest BCUT2D eigenvalue weighted by Crippen LogP contribution is -2.39. The Morgan fingerprint density at radius 3 is 2.86 bits per heavy atom. The minimum absolute atomic E-state index is 0. The van der Waals surface area contributed by atoms with Crippen molar-refractivity contribution in [2.45, 2.75) is 31.9 Å². The largest absolute Gasteiger partial charge is 0.379 e. The molecule has 2 heterocycles. The third-order valence-electron chi connectivity index (χ3n) is 4.72. The SMILES string of the molecule is CN=C(NCCCOC1CCOC1)NCCc1nccn1Cc1ccccc1.I. The van der Waals surface area contributed by atoms with Crippen LogP contribution in [0.1, 0.15) is 24.2 Å². The van der Waals surface area contributed by atoms with Gasteiger partial charge in [-0.3, -0.25) is 4.99 Å². The van der Waals surface area contributed by atoms with Gasteiger partial charge in [0.05, 0.1) is 12.7 Å². The number of aromatic nitrogens is 2. The molecule has 1 fully saturated rings. The summed E-state index contributed by atoms with van der Waals surface area (Å²) in [6, 6.07) is 10.4. The fraction of sp³-hybridized carbons (Fsp3) is 0.524. The quantitative estimate of drug-likeness (QED) is 0.221. The van der Waals surface area contributed by atoms with Gasteiger partial charge in [0.2, 0.25) is 0 Å². The Hall–Kier alpha value is -1.65. The fourth-order valence-corrected chi connectivity index (χ4v) is 3.18. The molecule has 1 aliphatic rings. The Labute approximate surface area is 190 Å². The highest BCUT2D eigenvalue weighted by molar-refractivity contribution is 14.0. The standard InChI is InChI=1S/C21H31N5O2.HI/c1-22-21(24-10-5-14-28-19-9-15-27-17-19)25-11-8-20-23-12-13-26(20)16-18-6-3-2-4-7-18;/h2-4,6-7,12-13,19H,5,8-11,14-17H2,1H3,(H2,22,24,25);1H. The molecule has 7 nitrogen and oxygen atoms in total. The summed E-state index contributed by atoms with van der Waals surface area (Å²) >= 11 is 0. The third-order valence-corrected chi connectivity index (χ3v) is 4.72. The number of aliphatic imine (C=N–C) groups is 1. The van der Waals surface area contributed by atoms with Crippen molar-refractivity contribution in [2.24, 2.45) is 4.99 Å². The number of benzene rings is 1. The number of rotatable bonds is 10. The van der Waals surface area contributed by atoms with E-state index in [0.717, 1.165) is 70.5 Å². The predicted octanol–water partition coefficient (Wildman–Crippen LogP) is 2.45. The molecule has 2 N–H and O–H groups in total. The highest BCUT2D eigenvalue weighted by Crippen LogP contribution is 2.08. The van der Waals surface area contributed by atoms with Crippen molar-refractivity contribution in [2.75, 3.05) is 40.0 Å². The molecule has 1 aromatic heterocycles. The van der Waals surface area contributed by atoms with Gasteiger partial charge in [-0.2, -0.15) is 0 Å². The zero-order chi connectivity index (χ0) is 19.4. The Morgan fingerprint density at radius 1 is 1.28 bits per heavy atom. The number of nitrogens with one attached hydrogen (secondary N) is 2. The summed E-state index contributed by atoms with van der Waals surface area (Å²) in [7, 11) is 1.79. The van der Waals surface area contributed by atoms with Crippen LogP contribution in [0.15, 0.2) is 47.7 Å². The first kappa shape index (κ1) is 23.6. The van der Waals surface area contributed by atoms with E-state index < -0.39 is 0 Å². The van der Waals surface area contributed by atoms with Gasteiger partial charge in [-0.1, -0.05) is 30.3 Å². The van der Waals surface area contributed by atoms with E-state index in [1.165, 1.54) is 5.56 Å². The van der Waals surface area contributed by atoms with Crippen LogP contribution < -0.4 is 10.6 Å². The van der Waals surface area contributed by atoms with Crippen molar-refractivity contribution >= 4 is 29.9 Å². The maximum atomic E-state index is 5.77. The zero-order valence-electron chi connectivity index (χ0n) is 17.0. The van der Waals surface area contributed by atoms with Crippen LogP contribution in [0.3, 0.4) is 0 Å². The van der Waals surface area contributed by atoms with Gasteiger partial charge >= 0.3 is 0 Å². The van der Waals surface area contributed by atoms with Crippen LogP contribution in [0.4, 0.5) is 0 Å². The van der Waals surface area contributed by atoms with Crippen molar-refractivity contribution in [3.05, 3.63) is 54.1 Å². The number of ether oxygens (including phenoxy) is 2. The number of guanidine groups is 1. The molecule has 8 heteroatoms. The molecule has 160 valence electrons. The second-order valence-corrected chi connectivity index (χ2v) is 6.84. The van der Waals surface area contributed by atoms with Crippen molar-refractivity contribution in [3.8, 4) is 0 Å². The summed E-state index contributed by atoms with van der Waals surface area (Å²) in [4.78, 5) is 8.77. The van der Waals surface area contributed by atoms with Crippen molar-refractivity contribution < 1.29 is 9.47 Å². The van der Waals surface area contributed by atoms with E-state index in [1.54, 1.807) is 7.05 Å². The van der Waals surface area contributed by atoms with Gasteiger partial charge in [0, 0.05) is 58.7 Å². The average Bonchev–Trinajstić information content (AvgIpc) is 3.39. The normalized spacial score (nSPS) is 16.4. The minimum Gasteiger partial charge on any atom is -0.379 e. The second kappa shape index (κ2) is 13.6. The molecule has 0 aliphatic carbocycles. The molecule has 1 aliphatic heterocycles. The highest BCUT2D eigenvalue weighted by atomic mass is 127. The summed E-state index contributed by atoms with van der Waals surface area (Å²) in [5.74, 6) is 1.88. The molecule has 1 aromatic carbocycles. The van der Waals surface area contributed by atoms with Gasteiger partial charge in [-0.15, -0.1) is 24.0 Å². The fourth-order valence-electron chi connectivity index (χ4n) is 3.18. The summed E-state index contributed by atoms with van der Waals surface area (Å²) in [5.41, 5.74) is 1.28. The lowest BCUT2D eigenvalue weighted by Gasteiger charge is -2.13. The van der Waals surface area contributed by atoms with Crippen LogP contribution in [-0.2, 0) is 22.4 Å². The molecule has 0 bridgehead atoms. The van der Waals surface area contributed by atoms with Crippen LogP contribution in [0.2, 0.25) is 0 Å². The molecule has 0 amide bonds. The molecule has 0 spiro atoms. The molecule has 29 heavy (non-hydrogen) atoms. The van der Waals surface area contributed by atoms with E-state index in [1.807, 2.05) is 18.5 Å². The Balaban J connectivity index is 0.00000300. The predicted molar refractivity (Wildman–Crippen MR) is 126 cm³/mol. The van der Waals surface area contributed by atoms with Crippen LogP contribution in [0.25, 0.3) is 0 Å². The molecular formula is C21H32IN5O2. The van der Waals surface area contributed by atoms with E-state index in [9.17, 15) is 0 Å². The first-order valence-electron chi connectivity index (χ1n) is 10.0. The van der Waals surface area contributed by atoms with E-state index >= 15 is 0 Å². The number of nitrogens with zero attached hydrogens (tertiary/aromatic N) is 3. The highest BCUT2D eigenvalue weighted by Gasteiger charge is 2.15. The summed E-state index contributed by atoms with van der Waals surface area (Å²) in [6.07, 6.45) is 6.96. The maximum absolute atomic E-state index is 5.77. The number of halogens is 1. The van der Waals surface area contributed by atoms with Gasteiger partial charge in [-0.25, -0.2) is 4.98 Å². The van der Waals surface area contributed by atoms with Gasteiger partial charge < -0.3 is 24.7 Å². The van der Waals surface area contributed by atoms with Crippen molar-refractivity contribution in [3.63, 3.8) is 0 Å². The zero-order valence-corrected chi connectivity index (χ0v) is 19.4. The van der Waals surface area contributed by atoms with Gasteiger partial charge in [0.25, 0.3) is 0 Å². The molecule has 1 atom stereocenters. The Morgan fingerprint density at radius 2 is 2.10 bits per heavy atom. The number of imidazole rings is 1. The first-order chi connectivity index (χ1) is 13.8. The molecule has 2 aromatic rings. The van der Waals surface area contributed by atoms with E-state index in [4.69, 9.17) is 9.47 Å². The summed E-state index contributed by atoms with van der Waals surface area (Å²) in [5, 5.41) is 6.69. The van der Waals surface area contributed by atoms with Crippen LogP contribution in [0.5, 0.6) is 0 Å². The molecule has 1 saturated heterocycles. The molecule has 1 unspecified atom stereocenters. The monoisotopic (exact) mass is 513 g/mol. The maximum Gasteiger partial charge on any atom is 0.190 e. The van der Waals surface area contributed by atoms with Crippen LogP contribution >= 0.6 is 24.0 Å². The van der Waals surface area contributed by atoms with Crippen molar-refractivity contribution in [1.82, 2.24) is 20.2 Å². The molecule has 0 radical (unpaired) electrons. The third kappa shape index (κ3) is 8.31. The average molecular weight is 513 g/mol. The first-order valence-corrected chi connectivity index (χ1v) is 10.0. The van der Waals surface area contributed by atoms with Crippen LogP contribution in [0, 0.1) is 0 Å². The van der Waals surface area contributed by atoms with E-state index in [0.29, 0.717) is 0 Å². The van der Waals surface area contributed by atoms with Crippen molar-refractivity contribution in [1.29, 1.82) is 0 Å². The number of hydrogen-bond acceptors (Lipinski definition) is 4. The lowest BCUT2D eigenvalue weighted by molar-refractivity contribution is 0.0420.